The predicted molar refractivity (Wildman–Crippen MR) is 118 cm³/mol. The van der Waals surface area contributed by atoms with Crippen molar-refractivity contribution in [3.05, 3.63) is 35.9 Å². The number of ether oxygens (including phenoxy) is 1. The molecule has 1 N–H and O–H groups in total. The topological polar surface area (TPSA) is 53.0 Å². The Labute approximate surface area is 181 Å². The first-order valence-electron chi connectivity index (χ1n) is 11.6. The zero-order valence-corrected chi connectivity index (χ0v) is 19.0. The van der Waals surface area contributed by atoms with E-state index in [4.69, 9.17) is 4.74 Å². The minimum absolute atomic E-state index is 0.0717. The van der Waals surface area contributed by atoms with Gasteiger partial charge in [0.05, 0.1) is 17.2 Å². The maximum absolute atomic E-state index is 13.3. The van der Waals surface area contributed by atoms with Crippen LogP contribution in [-0.4, -0.2) is 71.3 Å². The van der Waals surface area contributed by atoms with Crippen LogP contribution in [0.25, 0.3) is 0 Å². The van der Waals surface area contributed by atoms with Crippen LogP contribution in [0.5, 0.6) is 0 Å². The Bertz CT molecular complexity index is 748. The predicted octanol–water partition coefficient (Wildman–Crippen LogP) is 3.42. The number of likely N-dealkylation sites (N-methyl/N-ethyl adjacent to an activating group) is 1. The molecule has 2 bridgehead atoms. The molecular formula is C25H38N2O3. The second kappa shape index (κ2) is 8.25. The number of carbonyl (C=O) groups excluding carboxylic acids is 1. The molecule has 0 saturated carbocycles. The quantitative estimate of drug-likeness (QED) is 0.823. The Morgan fingerprint density at radius 1 is 1.13 bits per heavy atom. The number of aliphatic hydroxyl groups is 1. The molecule has 4 rings (SSSR count). The van der Waals surface area contributed by atoms with Gasteiger partial charge in [0.1, 0.15) is 6.10 Å². The van der Waals surface area contributed by atoms with Gasteiger partial charge in [0.2, 0.25) is 5.91 Å². The van der Waals surface area contributed by atoms with Crippen LogP contribution in [0.3, 0.4) is 0 Å². The molecule has 1 aromatic carbocycles. The van der Waals surface area contributed by atoms with Crippen molar-refractivity contribution in [2.75, 3.05) is 27.2 Å². The molecule has 5 nitrogen and oxygen atoms in total. The largest absolute Gasteiger partial charge is 0.388 e. The summed E-state index contributed by atoms with van der Waals surface area (Å²) in [6.07, 6.45) is 4.50. The molecule has 0 unspecified atom stereocenters. The Hall–Kier alpha value is -1.43. The Morgan fingerprint density at radius 2 is 1.80 bits per heavy atom. The number of aliphatic hydroxyl groups excluding tert-OH is 1. The van der Waals surface area contributed by atoms with E-state index >= 15 is 0 Å². The van der Waals surface area contributed by atoms with Gasteiger partial charge in [0.15, 0.2) is 0 Å². The van der Waals surface area contributed by atoms with E-state index in [-0.39, 0.29) is 23.5 Å². The smallest absolute Gasteiger partial charge is 0.225 e. The molecule has 3 saturated heterocycles. The summed E-state index contributed by atoms with van der Waals surface area (Å²) in [5.74, 6) is 0.623. The van der Waals surface area contributed by atoms with E-state index in [2.05, 4.69) is 50.1 Å². The van der Waals surface area contributed by atoms with Gasteiger partial charge in [-0.1, -0.05) is 30.3 Å². The monoisotopic (exact) mass is 414 g/mol. The highest BCUT2D eigenvalue weighted by atomic mass is 16.5. The Morgan fingerprint density at radius 3 is 2.47 bits per heavy atom. The van der Waals surface area contributed by atoms with Gasteiger partial charge in [0, 0.05) is 13.0 Å². The number of hydrogen-bond donors (Lipinski definition) is 1. The van der Waals surface area contributed by atoms with Crippen LogP contribution < -0.4 is 0 Å². The lowest BCUT2D eigenvalue weighted by molar-refractivity contribution is -0.216. The number of amides is 1. The van der Waals surface area contributed by atoms with Gasteiger partial charge in [0.25, 0.3) is 0 Å². The average Bonchev–Trinajstić information content (AvgIpc) is 2.80. The third-order valence-electron chi connectivity index (χ3n) is 7.95. The van der Waals surface area contributed by atoms with Crippen molar-refractivity contribution < 1.29 is 14.6 Å². The molecule has 0 aromatic heterocycles. The van der Waals surface area contributed by atoms with Crippen LogP contribution in [0.2, 0.25) is 0 Å². The number of likely N-dealkylation sites (tertiary alicyclic amines) is 1. The highest BCUT2D eigenvalue weighted by molar-refractivity contribution is 5.79. The van der Waals surface area contributed by atoms with Crippen LogP contribution in [0, 0.1) is 5.92 Å². The van der Waals surface area contributed by atoms with E-state index in [0.29, 0.717) is 5.92 Å². The minimum Gasteiger partial charge on any atom is -0.388 e. The number of hydrogen-bond acceptors (Lipinski definition) is 4. The van der Waals surface area contributed by atoms with Gasteiger partial charge in [-0.05, 0) is 84.0 Å². The summed E-state index contributed by atoms with van der Waals surface area (Å²) in [5, 5.41) is 11.5. The van der Waals surface area contributed by atoms with Crippen LogP contribution in [0.15, 0.2) is 30.3 Å². The zero-order valence-electron chi connectivity index (χ0n) is 19.0. The van der Waals surface area contributed by atoms with Crippen LogP contribution in [0.4, 0.5) is 0 Å². The lowest BCUT2D eigenvalue weighted by Crippen LogP contribution is -2.58. The number of fused-ring (bicyclic) bond motifs is 2. The SMILES string of the molecule is CN1CCC(C(=O)N(C)[C@@H]2CC[C@@]3(C)C[C@H](c4ccccc4)C[C@](C)(O3)[C@H]2O)CC1. The van der Waals surface area contributed by atoms with Gasteiger partial charge < -0.3 is 19.6 Å². The maximum Gasteiger partial charge on any atom is 0.225 e. The van der Waals surface area contributed by atoms with Gasteiger partial charge in [-0.25, -0.2) is 0 Å². The molecule has 166 valence electrons. The standard InChI is InChI=1S/C25H38N2O3/c1-24-13-10-21(27(4)23(29)19-11-14-26(3)15-12-19)22(28)25(2,30-24)17-20(16-24)18-8-6-5-7-9-18/h5-9,19-22,28H,10-17H2,1-4H3/t20-,21+,22-,24-,25-/m0/s1. The maximum atomic E-state index is 13.3. The van der Waals surface area contributed by atoms with Crippen molar-refractivity contribution in [3.63, 3.8) is 0 Å². The third kappa shape index (κ3) is 4.17. The summed E-state index contributed by atoms with van der Waals surface area (Å²) in [5.41, 5.74) is 0.385. The van der Waals surface area contributed by atoms with E-state index in [1.54, 1.807) is 0 Å². The number of rotatable bonds is 3. The molecule has 1 amide bonds. The molecule has 0 aliphatic carbocycles. The van der Waals surface area contributed by atoms with Crippen molar-refractivity contribution in [1.29, 1.82) is 0 Å². The van der Waals surface area contributed by atoms with Gasteiger partial charge in [-0.3, -0.25) is 4.79 Å². The molecule has 3 aliphatic rings. The van der Waals surface area contributed by atoms with Crippen molar-refractivity contribution in [2.24, 2.45) is 5.92 Å². The van der Waals surface area contributed by atoms with Gasteiger partial charge in [-0.2, -0.15) is 0 Å². The Kier molecular flexibility index (Phi) is 5.99. The average molecular weight is 415 g/mol. The summed E-state index contributed by atoms with van der Waals surface area (Å²) in [4.78, 5) is 17.4. The highest BCUT2D eigenvalue weighted by Crippen LogP contribution is 2.50. The molecule has 3 fully saturated rings. The van der Waals surface area contributed by atoms with Crippen LogP contribution >= 0.6 is 0 Å². The number of carbonyl (C=O) groups is 1. The molecule has 3 heterocycles. The molecule has 0 radical (unpaired) electrons. The summed E-state index contributed by atoms with van der Waals surface area (Å²) in [7, 11) is 4.01. The molecule has 3 aliphatic heterocycles. The van der Waals surface area contributed by atoms with Gasteiger partial charge in [-0.15, -0.1) is 0 Å². The van der Waals surface area contributed by atoms with Gasteiger partial charge >= 0.3 is 0 Å². The first kappa shape index (κ1) is 21.8. The van der Waals surface area contributed by atoms with E-state index in [0.717, 1.165) is 51.6 Å². The van der Waals surface area contributed by atoms with Crippen LogP contribution in [0.1, 0.15) is 63.9 Å². The second-order valence-electron chi connectivity index (χ2n) is 10.5. The van der Waals surface area contributed by atoms with Crippen LogP contribution in [-0.2, 0) is 9.53 Å². The van der Waals surface area contributed by atoms with E-state index in [9.17, 15) is 9.90 Å². The molecule has 5 heteroatoms. The molecular weight excluding hydrogens is 376 g/mol. The van der Waals surface area contributed by atoms with Crippen molar-refractivity contribution in [1.82, 2.24) is 9.80 Å². The first-order chi connectivity index (χ1) is 14.2. The second-order valence-corrected chi connectivity index (χ2v) is 10.5. The molecule has 30 heavy (non-hydrogen) atoms. The summed E-state index contributed by atoms with van der Waals surface area (Å²) in [6, 6.07) is 10.4. The molecule has 5 atom stereocenters. The van der Waals surface area contributed by atoms with Crippen molar-refractivity contribution >= 4 is 5.91 Å². The zero-order chi connectivity index (χ0) is 21.5. The number of nitrogens with zero attached hydrogens (tertiary/aromatic N) is 2. The minimum atomic E-state index is -0.689. The number of piperidine rings is 1. The summed E-state index contributed by atoms with van der Waals surface area (Å²) >= 11 is 0. The summed E-state index contributed by atoms with van der Waals surface area (Å²) < 4.78 is 6.61. The van der Waals surface area contributed by atoms with E-state index < -0.39 is 11.7 Å². The van der Waals surface area contributed by atoms with E-state index in [1.165, 1.54) is 5.56 Å². The van der Waals surface area contributed by atoms with E-state index in [1.807, 2.05) is 18.0 Å². The lowest BCUT2D eigenvalue weighted by Gasteiger charge is -2.49. The fraction of sp³-hybridized carbons (Fsp3) is 0.720. The third-order valence-corrected chi connectivity index (χ3v) is 7.95. The van der Waals surface area contributed by atoms with Crippen molar-refractivity contribution in [3.8, 4) is 0 Å². The summed E-state index contributed by atoms with van der Waals surface area (Å²) in [6.45, 7) is 6.18. The highest BCUT2D eigenvalue weighted by Gasteiger charge is 2.54. The van der Waals surface area contributed by atoms with Crippen molar-refractivity contribution in [2.45, 2.75) is 81.6 Å². The number of benzene rings is 1. The Balaban J connectivity index is 1.54. The fourth-order valence-electron chi connectivity index (χ4n) is 6.15. The lowest BCUT2D eigenvalue weighted by atomic mass is 9.74. The molecule has 1 aromatic rings. The normalized spacial score (nSPS) is 38.1. The first-order valence-corrected chi connectivity index (χ1v) is 11.6. The molecule has 0 spiro atoms. The fourth-order valence-corrected chi connectivity index (χ4v) is 6.15.